The highest BCUT2D eigenvalue weighted by atomic mass is 32.2. The number of amides is 1. The maximum absolute atomic E-state index is 11.0. The van der Waals surface area contributed by atoms with Crippen molar-refractivity contribution in [1.82, 2.24) is 10.2 Å². The number of carbonyl (C=O) groups excluding carboxylic acids is 1. The Hall–Kier alpha value is -0.940. The standard InChI is InChI=1S/C12H18N2O2S/c1-10(15)13-8-12(11-2-5-16-9-11)14-3-6-17-7-4-14/h2,5,9,12H,3-4,6-8H2,1H3,(H,13,15). The highest BCUT2D eigenvalue weighted by molar-refractivity contribution is 7.99. The van der Waals surface area contributed by atoms with Gasteiger partial charge in [-0.25, -0.2) is 0 Å². The number of carbonyl (C=O) groups is 1. The lowest BCUT2D eigenvalue weighted by atomic mass is 10.1. The Morgan fingerprint density at radius 2 is 2.35 bits per heavy atom. The maximum atomic E-state index is 11.0. The fourth-order valence-electron chi connectivity index (χ4n) is 2.05. The number of furan rings is 1. The third kappa shape index (κ3) is 3.51. The molecule has 1 saturated heterocycles. The summed E-state index contributed by atoms with van der Waals surface area (Å²) in [6.07, 6.45) is 3.46. The second-order valence-corrected chi connectivity index (χ2v) is 5.38. The average Bonchev–Trinajstić information content (AvgIpc) is 2.84. The molecular weight excluding hydrogens is 236 g/mol. The van der Waals surface area contributed by atoms with E-state index < -0.39 is 0 Å². The Labute approximate surface area is 106 Å². The van der Waals surface area contributed by atoms with Crippen molar-refractivity contribution in [3.63, 3.8) is 0 Å². The average molecular weight is 254 g/mol. The molecule has 94 valence electrons. The zero-order valence-corrected chi connectivity index (χ0v) is 10.8. The molecular formula is C12H18N2O2S. The van der Waals surface area contributed by atoms with Crippen molar-refractivity contribution in [1.29, 1.82) is 0 Å². The predicted molar refractivity (Wildman–Crippen MR) is 69.0 cm³/mol. The van der Waals surface area contributed by atoms with E-state index in [1.807, 2.05) is 17.8 Å². The lowest BCUT2D eigenvalue weighted by molar-refractivity contribution is -0.119. The zero-order chi connectivity index (χ0) is 12.1. The van der Waals surface area contributed by atoms with Gasteiger partial charge in [-0.1, -0.05) is 0 Å². The zero-order valence-electron chi connectivity index (χ0n) is 10.0. The van der Waals surface area contributed by atoms with Gasteiger partial charge in [0.2, 0.25) is 5.91 Å². The van der Waals surface area contributed by atoms with Crippen molar-refractivity contribution in [3.8, 4) is 0 Å². The molecule has 1 N–H and O–H groups in total. The number of rotatable bonds is 4. The molecule has 1 fully saturated rings. The number of thioether (sulfide) groups is 1. The molecule has 1 amide bonds. The highest BCUT2D eigenvalue weighted by Gasteiger charge is 2.23. The lowest BCUT2D eigenvalue weighted by Crippen LogP contribution is -2.41. The van der Waals surface area contributed by atoms with Crippen LogP contribution >= 0.6 is 11.8 Å². The summed E-state index contributed by atoms with van der Waals surface area (Å²) < 4.78 is 5.15. The summed E-state index contributed by atoms with van der Waals surface area (Å²) >= 11 is 1.99. The normalized spacial score (nSPS) is 18.9. The van der Waals surface area contributed by atoms with Crippen LogP contribution in [0.2, 0.25) is 0 Å². The minimum absolute atomic E-state index is 0.0184. The molecule has 0 radical (unpaired) electrons. The fourth-order valence-corrected chi connectivity index (χ4v) is 2.98. The van der Waals surface area contributed by atoms with E-state index in [-0.39, 0.29) is 11.9 Å². The van der Waals surface area contributed by atoms with Crippen LogP contribution in [0, 0.1) is 0 Å². The molecule has 0 bridgehead atoms. The summed E-state index contributed by atoms with van der Waals surface area (Å²) in [4.78, 5) is 13.5. The minimum Gasteiger partial charge on any atom is -0.472 e. The van der Waals surface area contributed by atoms with Gasteiger partial charge in [-0.2, -0.15) is 11.8 Å². The van der Waals surface area contributed by atoms with Crippen LogP contribution in [0.1, 0.15) is 18.5 Å². The Morgan fingerprint density at radius 1 is 1.59 bits per heavy atom. The predicted octanol–water partition coefficient (Wildman–Crippen LogP) is 1.51. The van der Waals surface area contributed by atoms with Gasteiger partial charge in [0.05, 0.1) is 18.6 Å². The van der Waals surface area contributed by atoms with Gasteiger partial charge < -0.3 is 9.73 Å². The van der Waals surface area contributed by atoms with Crippen molar-refractivity contribution in [3.05, 3.63) is 24.2 Å². The van der Waals surface area contributed by atoms with E-state index in [2.05, 4.69) is 10.2 Å². The summed E-state index contributed by atoms with van der Waals surface area (Å²) in [6, 6.07) is 2.22. The lowest BCUT2D eigenvalue weighted by Gasteiger charge is -2.33. The van der Waals surface area contributed by atoms with Crippen molar-refractivity contribution >= 4 is 17.7 Å². The van der Waals surface area contributed by atoms with E-state index in [9.17, 15) is 4.79 Å². The molecule has 2 rings (SSSR count). The summed E-state index contributed by atoms with van der Waals surface area (Å²) in [5.41, 5.74) is 1.14. The first-order valence-electron chi connectivity index (χ1n) is 5.85. The largest absolute Gasteiger partial charge is 0.472 e. The van der Waals surface area contributed by atoms with Crippen molar-refractivity contribution in [2.24, 2.45) is 0 Å². The van der Waals surface area contributed by atoms with Crippen LogP contribution in [0.3, 0.4) is 0 Å². The van der Waals surface area contributed by atoms with E-state index in [0.29, 0.717) is 6.54 Å². The maximum Gasteiger partial charge on any atom is 0.216 e. The van der Waals surface area contributed by atoms with Gasteiger partial charge in [-0.3, -0.25) is 9.69 Å². The van der Waals surface area contributed by atoms with Crippen LogP contribution in [0.15, 0.2) is 23.0 Å². The van der Waals surface area contributed by atoms with Crippen molar-refractivity contribution in [2.75, 3.05) is 31.1 Å². The molecule has 1 aliphatic rings. The van der Waals surface area contributed by atoms with Gasteiger partial charge in [-0.05, 0) is 6.07 Å². The molecule has 17 heavy (non-hydrogen) atoms. The van der Waals surface area contributed by atoms with E-state index in [1.54, 1.807) is 19.5 Å². The number of hydrogen-bond acceptors (Lipinski definition) is 4. The quantitative estimate of drug-likeness (QED) is 0.884. The molecule has 1 unspecified atom stereocenters. The van der Waals surface area contributed by atoms with Gasteiger partial charge in [-0.15, -0.1) is 0 Å². The minimum atomic E-state index is 0.0184. The van der Waals surface area contributed by atoms with Crippen molar-refractivity contribution < 1.29 is 9.21 Å². The van der Waals surface area contributed by atoms with Crippen LogP contribution in [-0.2, 0) is 4.79 Å². The molecule has 1 atom stereocenters. The molecule has 2 heterocycles. The van der Waals surface area contributed by atoms with Gasteiger partial charge in [0.25, 0.3) is 0 Å². The van der Waals surface area contributed by atoms with Gasteiger partial charge in [0.15, 0.2) is 0 Å². The molecule has 4 nitrogen and oxygen atoms in total. The van der Waals surface area contributed by atoms with Crippen LogP contribution in [-0.4, -0.2) is 41.9 Å². The van der Waals surface area contributed by atoms with E-state index in [1.165, 1.54) is 0 Å². The summed E-state index contributed by atoms with van der Waals surface area (Å²) in [6.45, 7) is 4.35. The van der Waals surface area contributed by atoms with Crippen molar-refractivity contribution in [2.45, 2.75) is 13.0 Å². The first-order valence-corrected chi connectivity index (χ1v) is 7.01. The van der Waals surface area contributed by atoms with Crippen LogP contribution < -0.4 is 5.32 Å². The van der Waals surface area contributed by atoms with E-state index >= 15 is 0 Å². The topological polar surface area (TPSA) is 45.5 Å². The second kappa shape index (κ2) is 6.12. The molecule has 1 aliphatic heterocycles. The monoisotopic (exact) mass is 254 g/mol. The summed E-state index contributed by atoms with van der Waals surface area (Å²) in [5.74, 6) is 2.34. The molecule has 0 saturated carbocycles. The van der Waals surface area contributed by atoms with Crippen LogP contribution in [0.25, 0.3) is 0 Å². The highest BCUT2D eigenvalue weighted by Crippen LogP contribution is 2.23. The third-order valence-corrected chi connectivity index (χ3v) is 3.90. The number of hydrogen-bond donors (Lipinski definition) is 1. The first kappa shape index (κ1) is 12.5. The molecule has 0 aliphatic carbocycles. The molecule has 0 aromatic carbocycles. The Bertz CT molecular complexity index is 347. The Balaban J connectivity index is 2.03. The van der Waals surface area contributed by atoms with Crippen LogP contribution in [0.4, 0.5) is 0 Å². The first-order chi connectivity index (χ1) is 8.27. The smallest absolute Gasteiger partial charge is 0.216 e. The fraction of sp³-hybridized carbons (Fsp3) is 0.583. The Kier molecular flexibility index (Phi) is 4.50. The van der Waals surface area contributed by atoms with E-state index in [4.69, 9.17) is 4.42 Å². The van der Waals surface area contributed by atoms with Crippen LogP contribution in [0.5, 0.6) is 0 Å². The summed E-state index contributed by atoms with van der Waals surface area (Å²) in [7, 11) is 0. The van der Waals surface area contributed by atoms with Gasteiger partial charge >= 0.3 is 0 Å². The molecule has 0 spiro atoms. The molecule has 5 heteroatoms. The van der Waals surface area contributed by atoms with Gasteiger partial charge in [0.1, 0.15) is 0 Å². The summed E-state index contributed by atoms with van der Waals surface area (Å²) in [5, 5.41) is 2.90. The number of nitrogens with zero attached hydrogens (tertiary/aromatic N) is 1. The Morgan fingerprint density at radius 3 is 2.94 bits per heavy atom. The second-order valence-electron chi connectivity index (χ2n) is 4.16. The van der Waals surface area contributed by atoms with E-state index in [0.717, 1.165) is 30.2 Å². The third-order valence-electron chi connectivity index (χ3n) is 2.96. The number of nitrogens with one attached hydrogen (secondary N) is 1. The molecule has 1 aromatic rings. The molecule has 1 aromatic heterocycles. The SMILES string of the molecule is CC(=O)NCC(c1ccoc1)N1CCSCC1. The van der Waals surface area contributed by atoms with Gasteiger partial charge in [0, 0.05) is 43.6 Å².